The van der Waals surface area contributed by atoms with Crippen molar-refractivity contribution in [3.05, 3.63) is 40.6 Å². The number of nitrogens with one attached hydrogen (secondary N) is 1. The van der Waals surface area contributed by atoms with E-state index in [0.29, 0.717) is 17.9 Å². The number of nitrogens with zero attached hydrogens (tertiary/aromatic N) is 3. The van der Waals surface area contributed by atoms with Crippen molar-refractivity contribution >= 4 is 22.7 Å². The summed E-state index contributed by atoms with van der Waals surface area (Å²) in [6.45, 7) is 3.99. The molecule has 0 saturated heterocycles. The van der Waals surface area contributed by atoms with Crippen molar-refractivity contribution in [2.45, 2.75) is 26.7 Å². The Morgan fingerprint density at radius 1 is 1.45 bits per heavy atom. The third-order valence-corrected chi connectivity index (χ3v) is 2.95. The molecule has 2 rings (SSSR count). The summed E-state index contributed by atoms with van der Waals surface area (Å²) in [6.07, 6.45) is 2.87. The average Bonchev–Trinajstić information content (AvgIpc) is 2.40. The number of hydrogen-bond donors (Lipinski definition) is 2. The fourth-order valence-electron chi connectivity index (χ4n) is 2.05. The van der Waals surface area contributed by atoms with Crippen molar-refractivity contribution in [2.75, 3.05) is 11.1 Å². The van der Waals surface area contributed by atoms with Gasteiger partial charge in [0.15, 0.2) is 0 Å². The Hall–Kier alpha value is -2.50. The third kappa shape index (κ3) is 2.90. The van der Waals surface area contributed by atoms with E-state index in [2.05, 4.69) is 20.5 Å². The van der Waals surface area contributed by atoms with E-state index in [-0.39, 0.29) is 5.95 Å². The topological polar surface area (TPSA) is 93.3 Å². The van der Waals surface area contributed by atoms with Gasteiger partial charge in [-0.25, -0.2) is 4.98 Å². The number of allylic oxidation sites excluding steroid dienone is 1. The molecule has 0 aliphatic heterocycles. The molecule has 6 heteroatoms. The summed E-state index contributed by atoms with van der Waals surface area (Å²) in [6, 6.07) is 5.82. The lowest BCUT2D eigenvalue weighted by atomic mass is 10.1. The molecule has 1 aromatic carbocycles. The van der Waals surface area contributed by atoms with Crippen LogP contribution in [0.1, 0.15) is 25.3 Å². The molecule has 0 amide bonds. The lowest BCUT2D eigenvalue weighted by Crippen LogP contribution is -2.06. The zero-order chi connectivity index (χ0) is 14.5. The van der Waals surface area contributed by atoms with Crippen molar-refractivity contribution in [1.29, 1.82) is 0 Å². The van der Waals surface area contributed by atoms with Gasteiger partial charge in [-0.05, 0) is 30.2 Å². The number of nitrogens with two attached hydrogens (primary N) is 1. The van der Waals surface area contributed by atoms with Crippen molar-refractivity contribution in [3.63, 3.8) is 0 Å². The van der Waals surface area contributed by atoms with E-state index in [1.807, 2.05) is 32.0 Å². The maximum atomic E-state index is 10.4. The number of anilines is 2. The molecule has 3 N–H and O–H groups in total. The molecular formula is C14H17N5O. The number of aryl methyl sites for hydroxylation is 1. The van der Waals surface area contributed by atoms with Gasteiger partial charge in [-0.2, -0.15) is 4.98 Å². The summed E-state index contributed by atoms with van der Waals surface area (Å²) in [5.74, 6) is 0.795. The van der Waals surface area contributed by atoms with Gasteiger partial charge in [0.2, 0.25) is 5.95 Å². The first-order chi connectivity index (χ1) is 9.65. The highest BCUT2D eigenvalue weighted by Gasteiger charge is 2.09. The quantitative estimate of drug-likeness (QED) is 0.813. The molecule has 1 aromatic heterocycles. The second kappa shape index (κ2) is 6.10. The minimum atomic E-state index is 0.198. The normalized spacial score (nSPS) is 11.6. The van der Waals surface area contributed by atoms with E-state index in [1.54, 1.807) is 0 Å². The number of nitroso groups, excluding NO2 is 1. The van der Waals surface area contributed by atoms with Crippen LogP contribution in [-0.4, -0.2) is 9.97 Å². The second-order valence-electron chi connectivity index (χ2n) is 4.54. The maximum Gasteiger partial charge on any atom is 0.222 e. The molecule has 2 aromatic rings. The van der Waals surface area contributed by atoms with E-state index in [9.17, 15) is 4.91 Å². The number of benzene rings is 1. The van der Waals surface area contributed by atoms with Crippen LogP contribution in [0.25, 0.3) is 10.9 Å². The zero-order valence-electron chi connectivity index (χ0n) is 11.6. The van der Waals surface area contributed by atoms with Crippen LogP contribution in [0.2, 0.25) is 0 Å². The highest BCUT2D eigenvalue weighted by molar-refractivity contribution is 5.92. The van der Waals surface area contributed by atoms with Gasteiger partial charge < -0.3 is 11.1 Å². The van der Waals surface area contributed by atoms with E-state index in [0.717, 1.165) is 22.9 Å². The first kappa shape index (κ1) is 13.9. The molecule has 104 valence electrons. The van der Waals surface area contributed by atoms with Crippen molar-refractivity contribution in [2.24, 2.45) is 5.18 Å². The molecule has 0 unspecified atom stereocenters. The minimum absolute atomic E-state index is 0.198. The van der Waals surface area contributed by atoms with Gasteiger partial charge in [0.05, 0.1) is 11.7 Å². The standard InChI is InChI=1S/C14H17N5O/c1-3-5-10(8-16-20)17-13-11-7-4-6-9(2)12(11)18-14(15)19-13/h4,6-8H,3,5H2,1-2H3,(H3,15,17,18,19)/b10-8+. The van der Waals surface area contributed by atoms with Crippen LogP contribution in [0.4, 0.5) is 11.8 Å². The molecule has 0 spiro atoms. The summed E-state index contributed by atoms with van der Waals surface area (Å²) in [5.41, 5.74) is 8.29. The van der Waals surface area contributed by atoms with Crippen LogP contribution in [0.3, 0.4) is 0 Å². The predicted octanol–water partition coefficient (Wildman–Crippen LogP) is 3.34. The van der Waals surface area contributed by atoms with Crippen molar-refractivity contribution in [1.82, 2.24) is 9.97 Å². The molecule has 6 nitrogen and oxygen atoms in total. The van der Waals surface area contributed by atoms with Crippen LogP contribution in [0.15, 0.2) is 35.3 Å². The second-order valence-corrected chi connectivity index (χ2v) is 4.54. The largest absolute Gasteiger partial charge is 0.368 e. The van der Waals surface area contributed by atoms with Gasteiger partial charge in [0, 0.05) is 11.1 Å². The first-order valence-electron chi connectivity index (χ1n) is 6.47. The number of fused-ring (bicyclic) bond motifs is 1. The van der Waals surface area contributed by atoms with Crippen LogP contribution in [0, 0.1) is 11.8 Å². The number of rotatable bonds is 5. The summed E-state index contributed by atoms with van der Waals surface area (Å²) >= 11 is 0. The predicted molar refractivity (Wildman–Crippen MR) is 81.1 cm³/mol. The van der Waals surface area contributed by atoms with E-state index in [1.165, 1.54) is 6.20 Å². The van der Waals surface area contributed by atoms with Gasteiger partial charge in [-0.3, -0.25) is 0 Å². The van der Waals surface area contributed by atoms with Gasteiger partial charge in [-0.15, -0.1) is 4.91 Å². The van der Waals surface area contributed by atoms with E-state index < -0.39 is 0 Å². The van der Waals surface area contributed by atoms with Crippen LogP contribution < -0.4 is 11.1 Å². The monoisotopic (exact) mass is 271 g/mol. The fraction of sp³-hybridized carbons (Fsp3) is 0.286. The number of aromatic nitrogens is 2. The summed E-state index contributed by atoms with van der Waals surface area (Å²) in [5, 5.41) is 6.82. The van der Waals surface area contributed by atoms with Crippen molar-refractivity contribution in [3.8, 4) is 0 Å². The van der Waals surface area contributed by atoms with Gasteiger partial charge in [0.25, 0.3) is 0 Å². The molecule has 0 radical (unpaired) electrons. The Kier molecular flexibility index (Phi) is 4.24. The Morgan fingerprint density at radius 2 is 2.25 bits per heavy atom. The van der Waals surface area contributed by atoms with E-state index >= 15 is 0 Å². The lowest BCUT2D eigenvalue weighted by Gasteiger charge is -2.12. The molecule has 0 atom stereocenters. The maximum absolute atomic E-state index is 10.4. The summed E-state index contributed by atoms with van der Waals surface area (Å²) in [7, 11) is 0. The molecule has 0 aliphatic carbocycles. The van der Waals surface area contributed by atoms with E-state index in [4.69, 9.17) is 5.73 Å². The van der Waals surface area contributed by atoms with Crippen molar-refractivity contribution < 1.29 is 0 Å². The molecule has 1 heterocycles. The third-order valence-electron chi connectivity index (χ3n) is 2.95. The minimum Gasteiger partial charge on any atom is -0.368 e. The SMILES string of the molecule is CCC/C(=C\N=O)Nc1nc(N)nc2c(C)cccc12. The Morgan fingerprint density at radius 3 is 2.95 bits per heavy atom. The first-order valence-corrected chi connectivity index (χ1v) is 6.47. The summed E-state index contributed by atoms with van der Waals surface area (Å²) in [4.78, 5) is 18.9. The summed E-state index contributed by atoms with van der Waals surface area (Å²) < 4.78 is 0. The fourth-order valence-corrected chi connectivity index (χ4v) is 2.05. The highest BCUT2D eigenvalue weighted by Crippen LogP contribution is 2.25. The van der Waals surface area contributed by atoms with Gasteiger partial charge in [-0.1, -0.05) is 25.5 Å². The van der Waals surface area contributed by atoms with Crippen LogP contribution in [-0.2, 0) is 0 Å². The molecule has 0 aliphatic rings. The number of hydrogen-bond acceptors (Lipinski definition) is 6. The van der Waals surface area contributed by atoms with Crippen LogP contribution >= 0.6 is 0 Å². The Balaban J connectivity index is 2.51. The van der Waals surface area contributed by atoms with Crippen LogP contribution in [0.5, 0.6) is 0 Å². The zero-order valence-corrected chi connectivity index (χ0v) is 11.6. The molecule has 20 heavy (non-hydrogen) atoms. The van der Waals surface area contributed by atoms with Gasteiger partial charge in [0.1, 0.15) is 5.82 Å². The lowest BCUT2D eigenvalue weighted by molar-refractivity contribution is 0.903. The highest BCUT2D eigenvalue weighted by atomic mass is 16.2. The number of para-hydroxylation sites is 1. The molecule has 0 fully saturated rings. The van der Waals surface area contributed by atoms with Gasteiger partial charge >= 0.3 is 0 Å². The average molecular weight is 271 g/mol. The molecular weight excluding hydrogens is 254 g/mol. The Labute approximate surface area is 117 Å². The Bertz CT molecular complexity index is 666. The molecule has 0 bridgehead atoms. The smallest absolute Gasteiger partial charge is 0.222 e. The molecule has 0 saturated carbocycles. The number of nitrogen functional groups attached to an aromatic ring is 1.